The molecule has 1 N–H and O–H groups in total. The van der Waals surface area contributed by atoms with E-state index in [1.54, 1.807) is 18.9 Å². The first-order chi connectivity index (χ1) is 13.5. The number of carbonyl (C=O) groups excluding carboxylic acids is 1. The molecule has 0 aliphatic carbocycles. The zero-order valence-corrected chi connectivity index (χ0v) is 17.0. The van der Waals surface area contributed by atoms with E-state index < -0.39 is 0 Å². The molecule has 1 aromatic heterocycles. The monoisotopic (exact) mass is 397 g/mol. The van der Waals surface area contributed by atoms with E-state index in [9.17, 15) is 4.79 Å². The molecule has 28 heavy (non-hydrogen) atoms. The van der Waals surface area contributed by atoms with Crippen LogP contribution in [0.1, 0.15) is 24.0 Å². The highest BCUT2D eigenvalue weighted by Gasteiger charge is 2.13. The Bertz CT molecular complexity index is 938. The minimum absolute atomic E-state index is 0.128. The number of rotatable bonds is 8. The average Bonchev–Trinajstić information content (AvgIpc) is 3.15. The lowest BCUT2D eigenvalue weighted by Gasteiger charge is -2.04. The molecule has 0 aliphatic rings. The maximum Gasteiger partial charge on any atom is 0.322 e. The normalized spacial score (nSPS) is 10.7. The molecule has 0 saturated heterocycles. The number of anilines is 1. The van der Waals surface area contributed by atoms with Gasteiger partial charge in [-0.15, -0.1) is 16.9 Å². The Morgan fingerprint density at radius 2 is 1.93 bits per heavy atom. The van der Waals surface area contributed by atoms with Crippen LogP contribution >= 0.6 is 11.8 Å². The summed E-state index contributed by atoms with van der Waals surface area (Å²) in [5.74, 6) is 1.96. The van der Waals surface area contributed by atoms with Gasteiger partial charge in [0, 0.05) is 16.9 Å². The van der Waals surface area contributed by atoms with Gasteiger partial charge >= 0.3 is 6.01 Å². The van der Waals surface area contributed by atoms with Crippen LogP contribution < -0.4 is 10.1 Å². The molecule has 0 atom stereocenters. The van der Waals surface area contributed by atoms with Crippen molar-refractivity contribution in [3.63, 3.8) is 0 Å². The molecule has 0 fully saturated rings. The van der Waals surface area contributed by atoms with Crippen LogP contribution in [0.3, 0.4) is 0 Å². The lowest BCUT2D eigenvalue weighted by molar-refractivity contribution is -0.116. The highest BCUT2D eigenvalue weighted by molar-refractivity contribution is 7.99. The average molecular weight is 398 g/mol. The summed E-state index contributed by atoms with van der Waals surface area (Å²) < 4.78 is 10.7. The smallest absolute Gasteiger partial charge is 0.322 e. The third-order valence-electron chi connectivity index (χ3n) is 4.17. The standard InChI is InChI=1S/C21H23N3O3S/c1-14-6-7-15(2)18(13-14)20-23-24-21(27-20)22-19(25)5-4-12-28-17-10-8-16(26-3)9-11-17/h6-11,13H,4-5,12H2,1-3H3,(H,22,24,25). The molecule has 0 spiro atoms. The number of methoxy groups -OCH3 is 1. The number of nitrogens with one attached hydrogen (secondary N) is 1. The first kappa shape index (κ1) is 19.9. The quantitative estimate of drug-likeness (QED) is 0.431. The fraction of sp³-hybridized carbons (Fsp3) is 0.286. The predicted octanol–water partition coefficient (Wildman–Crippen LogP) is 4.87. The van der Waals surface area contributed by atoms with Crippen LogP contribution in [0, 0.1) is 13.8 Å². The molecule has 3 aromatic rings. The molecule has 2 aromatic carbocycles. The number of thioether (sulfide) groups is 1. The highest BCUT2D eigenvalue weighted by Crippen LogP contribution is 2.25. The Morgan fingerprint density at radius 3 is 2.68 bits per heavy atom. The molecule has 7 heteroatoms. The fourth-order valence-electron chi connectivity index (χ4n) is 2.63. The van der Waals surface area contributed by atoms with Gasteiger partial charge in [-0.2, -0.15) is 0 Å². The topological polar surface area (TPSA) is 77.2 Å². The van der Waals surface area contributed by atoms with Crippen LogP contribution in [0.15, 0.2) is 51.8 Å². The van der Waals surface area contributed by atoms with Crippen molar-refractivity contribution < 1.29 is 13.9 Å². The fourth-order valence-corrected chi connectivity index (χ4v) is 3.48. The summed E-state index contributed by atoms with van der Waals surface area (Å²) in [7, 11) is 1.65. The molecule has 1 amide bonds. The number of aryl methyl sites for hydroxylation is 2. The number of nitrogens with zero attached hydrogens (tertiary/aromatic N) is 2. The second kappa shape index (κ2) is 9.41. The molecule has 0 saturated carbocycles. The van der Waals surface area contributed by atoms with Crippen LogP contribution in [-0.2, 0) is 4.79 Å². The van der Waals surface area contributed by atoms with E-state index in [0.717, 1.165) is 39.5 Å². The van der Waals surface area contributed by atoms with Crippen molar-refractivity contribution in [1.29, 1.82) is 0 Å². The molecular formula is C21H23N3O3S. The zero-order chi connectivity index (χ0) is 19.9. The second-order valence-electron chi connectivity index (χ2n) is 6.41. The van der Waals surface area contributed by atoms with Gasteiger partial charge in [0.05, 0.1) is 7.11 Å². The van der Waals surface area contributed by atoms with Gasteiger partial charge in [0.1, 0.15) is 5.75 Å². The van der Waals surface area contributed by atoms with Crippen LogP contribution in [0.2, 0.25) is 0 Å². The number of aromatic nitrogens is 2. The summed E-state index contributed by atoms with van der Waals surface area (Å²) >= 11 is 1.71. The molecule has 6 nitrogen and oxygen atoms in total. The van der Waals surface area contributed by atoms with Gasteiger partial charge in [-0.3, -0.25) is 10.1 Å². The van der Waals surface area contributed by atoms with Gasteiger partial charge in [0.2, 0.25) is 11.8 Å². The van der Waals surface area contributed by atoms with Gasteiger partial charge in [-0.25, -0.2) is 0 Å². The predicted molar refractivity (Wildman–Crippen MR) is 111 cm³/mol. The van der Waals surface area contributed by atoms with Crippen LogP contribution in [-0.4, -0.2) is 29.0 Å². The second-order valence-corrected chi connectivity index (χ2v) is 7.57. The Hall–Kier alpha value is -2.80. The maximum absolute atomic E-state index is 12.1. The Morgan fingerprint density at radius 1 is 1.14 bits per heavy atom. The molecule has 0 unspecified atom stereocenters. The van der Waals surface area contributed by atoms with Crippen molar-refractivity contribution >= 4 is 23.7 Å². The van der Waals surface area contributed by atoms with E-state index in [4.69, 9.17) is 9.15 Å². The van der Waals surface area contributed by atoms with Crippen molar-refractivity contribution in [3.8, 4) is 17.2 Å². The van der Waals surface area contributed by atoms with Crippen molar-refractivity contribution in [1.82, 2.24) is 10.2 Å². The summed E-state index contributed by atoms with van der Waals surface area (Å²) in [6, 6.07) is 14.0. The van der Waals surface area contributed by atoms with Gasteiger partial charge < -0.3 is 9.15 Å². The lowest BCUT2D eigenvalue weighted by atomic mass is 10.1. The van der Waals surface area contributed by atoms with Crippen molar-refractivity contribution in [2.24, 2.45) is 0 Å². The molecule has 146 valence electrons. The van der Waals surface area contributed by atoms with Crippen molar-refractivity contribution in [3.05, 3.63) is 53.6 Å². The van der Waals surface area contributed by atoms with Crippen LogP contribution in [0.5, 0.6) is 5.75 Å². The molecule has 0 aliphatic heterocycles. The van der Waals surface area contributed by atoms with Gasteiger partial charge in [-0.05, 0) is 61.9 Å². The molecule has 1 heterocycles. The minimum Gasteiger partial charge on any atom is -0.497 e. The lowest BCUT2D eigenvalue weighted by Crippen LogP contribution is -2.11. The zero-order valence-electron chi connectivity index (χ0n) is 16.2. The Kier molecular flexibility index (Phi) is 6.71. The van der Waals surface area contributed by atoms with Gasteiger partial charge in [-0.1, -0.05) is 22.8 Å². The van der Waals surface area contributed by atoms with E-state index in [1.165, 1.54) is 0 Å². The van der Waals surface area contributed by atoms with Gasteiger partial charge in [0.15, 0.2) is 0 Å². The number of hydrogen-bond donors (Lipinski definition) is 1. The SMILES string of the molecule is COc1ccc(SCCCC(=O)Nc2nnc(-c3cc(C)ccc3C)o2)cc1. The first-order valence-electron chi connectivity index (χ1n) is 9.03. The first-order valence-corrected chi connectivity index (χ1v) is 10.0. The van der Waals surface area contributed by atoms with E-state index in [1.807, 2.05) is 56.3 Å². The van der Waals surface area contributed by atoms with E-state index in [2.05, 4.69) is 15.5 Å². The summed E-state index contributed by atoms with van der Waals surface area (Å²) in [5, 5.41) is 10.7. The summed E-state index contributed by atoms with van der Waals surface area (Å²) in [6.45, 7) is 3.99. The Labute approximate surface area is 168 Å². The third kappa shape index (κ3) is 5.36. The highest BCUT2D eigenvalue weighted by atomic mass is 32.2. The molecule has 0 bridgehead atoms. The number of amides is 1. The number of carbonyl (C=O) groups is 1. The molecular weight excluding hydrogens is 374 g/mol. The Balaban J connectivity index is 1.46. The minimum atomic E-state index is -0.133. The van der Waals surface area contributed by atoms with Crippen molar-refractivity contribution in [2.75, 3.05) is 18.2 Å². The van der Waals surface area contributed by atoms with E-state index >= 15 is 0 Å². The van der Waals surface area contributed by atoms with Gasteiger partial charge in [0.25, 0.3) is 0 Å². The van der Waals surface area contributed by atoms with E-state index in [-0.39, 0.29) is 11.9 Å². The van der Waals surface area contributed by atoms with Crippen LogP contribution in [0.4, 0.5) is 6.01 Å². The molecule has 3 rings (SSSR count). The van der Waals surface area contributed by atoms with Crippen LogP contribution in [0.25, 0.3) is 11.5 Å². The summed E-state index contributed by atoms with van der Waals surface area (Å²) in [5.41, 5.74) is 3.03. The summed E-state index contributed by atoms with van der Waals surface area (Å²) in [6.07, 6.45) is 1.14. The van der Waals surface area contributed by atoms with E-state index in [0.29, 0.717) is 12.3 Å². The van der Waals surface area contributed by atoms with Crippen molar-refractivity contribution in [2.45, 2.75) is 31.6 Å². The summed E-state index contributed by atoms with van der Waals surface area (Å²) in [4.78, 5) is 13.3. The number of benzene rings is 2. The third-order valence-corrected chi connectivity index (χ3v) is 5.27. The largest absolute Gasteiger partial charge is 0.497 e. The number of hydrogen-bond acceptors (Lipinski definition) is 6. The molecule has 0 radical (unpaired) electrons. The maximum atomic E-state index is 12.1. The number of ether oxygens (including phenoxy) is 1.